The van der Waals surface area contributed by atoms with Crippen LogP contribution in [0.15, 0.2) is 0 Å². The van der Waals surface area contributed by atoms with E-state index < -0.39 is 5.97 Å². The Morgan fingerprint density at radius 2 is 2.18 bits per heavy atom. The van der Waals surface area contributed by atoms with Crippen molar-refractivity contribution >= 4 is 5.97 Å². The molecule has 0 aromatic carbocycles. The molecular formula is C7H16N2O2. The summed E-state index contributed by atoms with van der Waals surface area (Å²) in [5.74, 6) is -0.810. The highest BCUT2D eigenvalue weighted by molar-refractivity contribution is 5.69. The van der Waals surface area contributed by atoms with Gasteiger partial charge >= 0.3 is 5.97 Å². The molecule has 0 amide bonds. The normalized spacial score (nSPS) is 13.5. The van der Waals surface area contributed by atoms with Crippen LogP contribution in [0.2, 0.25) is 0 Å². The second-order valence-electron chi connectivity index (χ2n) is 2.94. The van der Waals surface area contributed by atoms with Gasteiger partial charge in [0.05, 0.1) is 6.54 Å². The molecule has 0 rings (SSSR count). The van der Waals surface area contributed by atoms with E-state index in [1.807, 2.05) is 25.9 Å². The lowest BCUT2D eigenvalue weighted by molar-refractivity contribution is -0.136. The van der Waals surface area contributed by atoms with Gasteiger partial charge in [-0.15, -0.1) is 0 Å². The molecule has 0 radical (unpaired) electrons. The third kappa shape index (κ3) is 7.29. The van der Waals surface area contributed by atoms with Crippen molar-refractivity contribution in [3.8, 4) is 0 Å². The summed E-state index contributed by atoms with van der Waals surface area (Å²) in [6.07, 6.45) is 0. The molecule has 0 saturated heterocycles. The van der Waals surface area contributed by atoms with E-state index in [0.29, 0.717) is 0 Å². The third-order valence-electron chi connectivity index (χ3n) is 1.24. The second kappa shape index (κ2) is 5.09. The lowest BCUT2D eigenvalue weighted by atomic mass is 10.3. The summed E-state index contributed by atoms with van der Waals surface area (Å²) in [6, 6.07) is 0.223. The number of carboxylic acids is 1. The molecule has 0 bridgehead atoms. The first-order chi connectivity index (χ1) is 5.02. The molecule has 0 aliphatic heterocycles. The van der Waals surface area contributed by atoms with Gasteiger partial charge in [0, 0.05) is 12.6 Å². The maximum Gasteiger partial charge on any atom is 0.317 e. The summed E-state index contributed by atoms with van der Waals surface area (Å²) >= 11 is 0. The van der Waals surface area contributed by atoms with Gasteiger partial charge in [0.25, 0.3) is 0 Å². The molecule has 0 heterocycles. The van der Waals surface area contributed by atoms with Gasteiger partial charge in [-0.1, -0.05) is 0 Å². The average Bonchev–Trinajstić information content (AvgIpc) is 1.82. The minimum atomic E-state index is -0.810. The van der Waals surface area contributed by atoms with Gasteiger partial charge < -0.3 is 15.3 Å². The van der Waals surface area contributed by atoms with Crippen LogP contribution in [0.5, 0.6) is 0 Å². The van der Waals surface area contributed by atoms with E-state index in [0.717, 1.165) is 6.54 Å². The van der Waals surface area contributed by atoms with Gasteiger partial charge in [0.15, 0.2) is 0 Å². The maximum absolute atomic E-state index is 10.1. The SMILES string of the molecule is CC(CN(C)C)NCC(=O)O. The minimum Gasteiger partial charge on any atom is -0.480 e. The smallest absolute Gasteiger partial charge is 0.317 e. The predicted molar refractivity (Wildman–Crippen MR) is 43.7 cm³/mol. The molecule has 1 unspecified atom stereocenters. The molecule has 4 heteroatoms. The fraction of sp³-hybridized carbons (Fsp3) is 0.857. The number of rotatable bonds is 5. The summed E-state index contributed by atoms with van der Waals surface area (Å²) in [4.78, 5) is 12.1. The van der Waals surface area contributed by atoms with Crippen molar-refractivity contribution in [2.75, 3.05) is 27.2 Å². The van der Waals surface area contributed by atoms with Crippen LogP contribution >= 0.6 is 0 Å². The Morgan fingerprint density at radius 3 is 2.55 bits per heavy atom. The number of likely N-dealkylation sites (N-methyl/N-ethyl adjacent to an activating group) is 1. The average molecular weight is 160 g/mol. The van der Waals surface area contributed by atoms with E-state index >= 15 is 0 Å². The number of hydrogen-bond acceptors (Lipinski definition) is 3. The van der Waals surface area contributed by atoms with Gasteiger partial charge in [-0.2, -0.15) is 0 Å². The summed E-state index contributed by atoms with van der Waals surface area (Å²) in [5.41, 5.74) is 0. The third-order valence-corrected chi connectivity index (χ3v) is 1.24. The zero-order chi connectivity index (χ0) is 8.85. The monoisotopic (exact) mass is 160 g/mol. The van der Waals surface area contributed by atoms with E-state index in [-0.39, 0.29) is 12.6 Å². The largest absolute Gasteiger partial charge is 0.480 e. The van der Waals surface area contributed by atoms with Crippen molar-refractivity contribution in [2.24, 2.45) is 0 Å². The Hall–Kier alpha value is -0.610. The molecule has 11 heavy (non-hydrogen) atoms. The van der Waals surface area contributed by atoms with Crippen molar-refractivity contribution in [1.82, 2.24) is 10.2 Å². The highest BCUT2D eigenvalue weighted by Gasteiger charge is 2.03. The summed E-state index contributed by atoms with van der Waals surface area (Å²) in [7, 11) is 3.91. The van der Waals surface area contributed by atoms with Gasteiger partial charge in [0.1, 0.15) is 0 Å². The number of hydrogen-bond donors (Lipinski definition) is 2. The Kier molecular flexibility index (Phi) is 4.81. The van der Waals surface area contributed by atoms with Gasteiger partial charge in [-0.05, 0) is 21.0 Å². The molecule has 1 atom stereocenters. The highest BCUT2D eigenvalue weighted by Crippen LogP contribution is 1.83. The molecule has 0 aliphatic rings. The van der Waals surface area contributed by atoms with Crippen LogP contribution in [-0.4, -0.2) is 49.2 Å². The first-order valence-corrected chi connectivity index (χ1v) is 3.62. The fourth-order valence-electron chi connectivity index (χ4n) is 0.874. The molecule has 0 aromatic rings. The molecule has 0 saturated carbocycles. The molecule has 0 aliphatic carbocycles. The highest BCUT2D eigenvalue weighted by atomic mass is 16.4. The second-order valence-corrected chi connectivity index (χ2v) is 2.94. The Labute approximate surface area is 67.2 Å². The lowest BCUT2D eigenvalue weighted by Crippen LogP contribution is -2.38. The molecule has 66 valence electrons. The van der Waals surface area contributed by atoms with Crippen molar-refractivity contribution in [3.05, 3.63) is 0 Å². The van der Waals surface area contributed by atoms with E-state index in [1.54, 1.807) is 0 Å². The van der Waals surface area contributed by atoms with Crippen LogP contribution < -0.4 is 5.32 Å². The number of carboxylic acid groups (broad SMARTS) is 1. The molecule has 0 fully saturated rings. The number of nitrogens with one attached hydrogen (secondary N) is 1. The quantitative estimate of drug-likeness (QED) is 0.575. The molecule has 0 spiro atoms. The van der Waals surface area contributed by atoms with Gasteiger partial charge in [-0.3, -0.25) is 4.79 Å². The first-order valence-electron chi connectivity index (χ1n) is 3.62. The Morgan fingerprint density at radius 1 is 1.64 bits per heavy atom. The van der Waals surface area contributed by atoms with Crippen LogP contribution in [-0.2, 0) is 4.79 Å². The molecular weight excluding hydrogens is 144 g/mol. The number of nitrogens with zero attached hydrogens (tertiary/aromatic N) is 1. The summed E-state index contributed by atoms with van der Waals surface area (Å²) in [6.45, 7) is 2.85. The Balaban J connectivity index is 3.37. The van der Waals surface area contributed by atoms with Gasteiger partial charge in [0.2, 0.25) is 0 Å². The van der Waals surface area contributed by atoms with Crippen LogP contribution in [0.4, 0.5) is 0 Å². The minimum absolute atomic E-state index is 0.0367. The van der Waals surface area contributed by atoms with Crippen molar-refractivity contribution < 1.29 is 9.90 Å². The topological polar surface area (TPSA) is 52.6 Å². The van der Waals surface area contributed by atoms with Crippen LogP contribution in [0.25, 0.3) is 0 Å². The lowest BCUT2D eigenvalue weighted by Gasteiger charge is -2.16. The van der Waals surface area contributed by atoms with Crippen LogP contribution in [0.3, 0.4) is 0 Å². The number of carbonyl (C=O) groups is 1. The first kappa shape index (κ1) is 10.4. The zero-order valence-corrected chi connectivity index (χ0v) is 7.29. The van der Waals surface area contributed by atoms with E-state index in [4.69, 9.17) is 5.11 Å². The fourth-order valence-corrected chi connectivity index (χ4v) is 0.874. The van der Waals surface area contributed by atoms with Crippen molar-refractivity contribution in [2.45, 2.75) is 13.0 Å². The molecule has 2 N–H and O–H groups in total. The number of aliphatic carboxylic acids is 1. The summed E-state index contributed by atoms with van der Waals surface area (Å²) < 4.78 is 0. The van der Waals surface area contributed by atoms with Gasteiger partial charge in [-0.25, -0.2) is 0 Å². The zero-order valence-electron chi connectivity index (χ0n) is 7.29. The van der Waals surface area contributed by atoms with Crippen molar-refractivity contribution in [1.29, 1.82) is 0 Å². The van der Waals surface area contributed by atoms with E-state index in [9.17, 15) is 4.79 Å². The standard InChI is InChI=1S/C7H16N2O2/c1-6(5-9(2)3)8-4-7(10)11/h6,8H,4-5H2,1-3H3,(H,10,11). The Bertz CT molecular complexity index is 126. The molecule has 0 aromatic heterocycles. The van der Waals surface area contributed by atoms with Crippen molar-refractivity contribution in [3.63, 3.8) is 0 Å². The van der Waals surface area contributed by atoms with E-state index in [2.05, 4.69) is 5.32 Å². The van der Waals surface area contributed by atoms with E-state index in [1.165, 1.54) is 0 Å². The van der Waals surface area contributed by atoms with Crippen LogP contribution in [0.1, 0.15) is 6.92 Å². The maximum atomic E-state index is 10.1. The molecule has 4 nitrogen and oxygen atoms in total. The van der Waals surface area contributed by atoms with Crippen LogP contribution in [0, 0.1) is 0 Å². The summed E-state index contributed by atoms with van der Waals surface area (Å²) in [5, 5.41) is 11.2. The predicted octanol–water partition coefficient (Wildman–Crippen LogP) is -0.389.